The van der Waals surface area contributed by atoms with E-state index in [4.69, 9.17) is 27.7 Å². The van der Waals surface area contributed by atoms with Crippen LogP contribution in [0.15, 0.2) is 53.1 Å². The van der Waals surface area contributed by atoms with Crippen molar-refractivity contribution in [3.63, 3.8) is 0 Å². The fourth-order valence-electron chi connectivity index (χ4n) is 3.18. The Balaban J connectivity index is 1.61. The molecule has 1 saturated heterocycles. The summed E-state index contributed by atoms with van der Waals surface area (Å²) in [4.78, 5) is 19.2. The van der Waals surface area contributed by atoms with Crippen molar-refractivity contribution in [1.82, 2.24) is 15.0 Å². The van der Waals surface area contributed by atoms with E-state index in [1.54, 1.807) is 23.1 Å². The maximum Gasteiger partial charge on any atom is 0.254 e. The third-order valence-corrected chi connectivity index (χ3v) is 4.82. The molecule has 0 aliphatic carbocycles. The summed E-state index contributed by atoms with van der Waals surface area (Å²) in [6.07, 6.45) is 1.64. The normalized spacial score (nSPS) is 16.8. The van der Waals surface area contributed by atoms with Crippen LogP contribution in [0.25, 0.3) is 11.4 Å². The first-order chi connectivity index (χ1) is 12.6. The topological polar surface area (TPSA) is 59.2 Å². The Hall–Kier alpha value is -2.37. The van der Waals surface area contributed by atoms with E-state index in [1.165, 1.54) is 0 Å². The van der Waals surface area contributed by atoms with Crippen LogP contribution in [0.4, 0.5) is 0 Å². The molecule has 0 bridgehead atoms. The van der Waals surface area contributed by atoms with Gasteiger partial charge in [-0.25, -0.2) is 0 Å². The summed E-state index contributed by atoms with van der Waals surface area (Å²) in [5, 5.41) is 4.92. The largest absolute Gasteiger partial charge is 0.337 e. The average Bonchev–Trinajstić information content (AvgIpc) is 3.30. The van der Waals surface area contributed by atoms with E-state index in [0.29, 0.717) is 33.9 Å². The predicted octanol–water partition coefficient (Wildman–Crippen LogP) is 5.02. The van der Waals surface area contributed by atoms with Crippen LogP contribution >= 0.6 is 23.2 Å². The van der Waals surface area contributed by atoms with E-state index in [2.05, 4.69) is 10.1 Å². The molecule has 1 atom stereocenters. The molecule has 2 aromatic carbocycles. The SMILES string of the molecule is O=C(c1cc(Cl)cc(Cl)c1)N1CCC[C@H]1c1nc(-c2ccccc2)no1. The first-order valence-corrected chi connectivity index (χ1v) is 9.03. The summed E-state index contributed by atoms with van der Waals surface area (Å²) in [7, 11) is 0. The van der Waals surface area contributed by atoms with E-state index in [-0.39, 0.29) is 11.9 Å². The number of rotatable bonds is 3. The Bertz CT molecular complexity index is 923. The smallest absolute Gasteiger partial charge is 0.254 e. The molecule has 0 unspecified atom stereocenters. The summed E-state index contributed by atoms with van der Waals surface area (Å²) in [5.41, 5.74) is 1.33. The number of nitrogens with zero attached hydrogens (tertiary/aromatic N) is 3. The zero-order valence-corrected chi connectivity index (χ0v) is 15.2. The van der Waals surface area contributed by atoms with Crippen molar-refractivity contribution in [2.45, 2.75) is 18.9 Å². The maximum atomic E-state index is 12.9. The zero-order valence-electron chi connectivity index (χ0n) is 13.7. The molecule has 0 spiro atoms. The van der Waals surface area contributed by atoms with Crippen LogP contribution in [0, 0.1) is 0 Å². The molecule has 1 amide bonds. The molecule has 3 aromatic rings. The van der Waals surface area contributed by atoms with E-state index >= 15 is 0 Å². The number of carbonyl (C=O) groups excluding carboxylic acids is 1. The lowest BCUT2D eigenvalue weighted by molar-refractivity contribution is 0.0710. The van der Waals surface area contributed by atoms with Gasteiger partial charge in [-0.05, 0) is 31.0 Å². The quantitative estimate of drug-likeness (QED) is 0.632. The Morgan fingerprint density at radius 2 is 1.85 bits per heavy atom. The number of carbonyl (C=O) groups is 1. The van der Waals surface area contributed by atoms with Gasteiger partial charge in [-0.2, -0.15) is 4.98 Å². The highest BCUT2D eigenvalue weighted by molar-refractivity contribution is 6.35. The second-order valence-electron chi connectivity index (χ2n) is 6.14. The lowest BCUT2D eigenvalue weighted by Gasteiger charge is -2.22. The third kappa shape index (κ3) is 3.32. The Morgan fingerprint density at radius 3 is 2.58 bits per heavy atom. The van der Waals surface area contributed by atoms with Gasteiger partial charge in [-0.3, -0.25) is 4.79 Å². The molecule has 26 heavy (non-hydrogen) atoms. The molecule has 7 heteroatoms. The number of likely N-dealkylation sites (tertiary alicyclic amines) is 1. The highest BCUT2D eigenvalue weighted by Crippen LogP contribution is 2.34. The van der Waals surface area contributed by atoms with Crippen LogP contribution in [0.5, 0.6) is 0 Å². The molecular weight excluding hydrogens is 373 g/mol. The van der Waals surface area contributed by atoms with Gasteiger partial charge in [0.1, 0.15) is 6.04 Å². The number of hydrogen-bond donors (Lipinski definition) is 0. The van der Waals surface area contributed by atoms with Gasteiger partial charge in [0.25, 0.3) is 5.91 Å². The first kappa shape index (κ1) is 17.1. The summed E-state index contributed by atoms with van der Waals surface area (Å²) in [6.45, 7) is 0.622. The summed E-state index contributed by atoms with van der Waals surface area (Å²) < 4.78 is 5.46. The first-order valence-electron chi connectivity index (χ1n) is 8.28. The van der Waals surface area contributed by atoms with E-state index < -0.39 is 0 Å². The molecule has 2 heterocycles. The fourth-order valence-corrected chi connectivity index (χ4v) is 3.71. The second kappa shape index (κ2) is 7.09. The third-order valence-electron chi connectivity index (χ3n) is 4.38. The van der Waals surface area contributed by atoms with Gasteiger partial charge in [0, 0.05) is 27.7 Å². The van der Waals surface area contributed by atoms with Crippen molar-refractivity contribution in [2.75, 3.05) is 6.54 Å². The average molecular weight is 388 g/mol. The molecule has 1 aliphatic rings. The van der Waals surface area contributed by atoms with Crippen molar-refractivity contribution < 1.29 is 9.32 Å². The van der Waals surface area contributed by atoms with Crippen LogP contribution < -0.4 is 0 Å². The molecule has 0 radical (unpaired) electrons. The van der Waals surface area contributed by atoms with Crippen molar-refractivity contribution in [3.05, 3.63) is 70.0 Å². The summed E-state index contributed by atoms with van der Waals surface area (Å²) in [6, 6.07) is 14.2. The monoisotopic (exact) mass is 387 g/mol. The molecule has 1 aliphatic heterocycles. The van der Waals surface area contributed by atoms with E-state index in [0.717, 1.165) is 18.4 Å². The number of benzene rings is 2. The van der Waals surface area contributed by atoms with Crippen molar-refractivity contribution in [1.29, 1.82) is 0 Å². The highest BCUT2D eigenvalue weighted by Gasteiger charge is 2.34. The van der Waals surface area contributed by atoms with Crippen molar-refractivity contribution in [3.8, 4) is 11.4 Å². The molecule has 1 aromatic heterocycles. The fraction of sp³-hybridized carbons (Fsp3) is 0.211. The number of hydrogen-bond acceptors (Lipinski definition) is 4. The number of aromatic nitrogens is 2. The Morgan fingerprint density at radius 1 is 1.12 bits per heavy atom. The van der Waals surface area contributed by atoms with Gasteiger partial charge in [0.15, 0.2) is 0 Å². The van der Waals surface area contributed by atoms with E-state index in [9.17, 15) is 4.79 Å². The summed E-state index contributed by atoms with van der Waals surface area (Å²) >= 11 is 12.1. The highest BCUT2D eigenvalue weighted by atomic mass is 35.5. The van der Waals surface area contributed by atoms with Gasteiger partial charge in [0.2, 0.25) is 11.7 Å². The minimum Gasteiger partial charge on any atom is -0.337 e. The van der Waals surface area contributed by atoms with Gasteiger partial charge < -0.3 is 9.42 Å². The number of amides is 1. The van der Waals surface area contributed by atoms with Gasteiger partial charge >= 0.3 is 0 Å². The van der Waals surface area contributed by atoms with Crippen LogP contribution in [0.2, 0.25) is 10.0 Å². The minimum absolute atomic E-state index is 0.142. The van der Waals surface area contributed by atoms with Crippen LogP contribution in [-0.4, -0.2) is 27.5 Å². The van der Waals surface area contributed by atoms with Gasteiger partial charge in [-0.15, -0.1) is 0 Å². The Kier molecular flexibility index (Phi) is 4.66. The lowest BCUT2D eigenvalue weighted by atomic mass is 10.1. The van der Waals surface area contributed by atoms with Crippen molar-refractivity contribution >= 4 is 29.1 Å². The molecule has 132 valence electrons. The second-order valence-corrected chi connectivity index (χ2v) is 7.01. The van der Waals surface area contributed by atoms with Gasteiger partial charge in [0.05, 0.1) is 0 Å². The van der Waals surface area contributed by atoms with Gasteiger partial charge in [-0.1, -0.05) is 58.7 Å². The molecular formula is C19H15Cl2N3O2. The molecule has 4 rings (SSSR count). The molecule has 0 saturated carbocycles. The van der Waals surface area contributed by atoms with E-state index in [1.807, 2.05) is 30.3 Å². The molecule has 0 N–H and O–H groups in total. The van der Waals surface area contributed by atoms with Crippen LogP contribution in [-0.2, 0) is 0 Å². The van der Waals surface area contributed by atoms with Crippen LogP contribution in [0.3, 0.4) is 0 Å². The predicted molar refractivity (Wildman–Crippen MR) is 99.2 cm³/mol. The van der Waals surface area contributed by atoms with Crippen molar-refractivity contribution in [2.24, 2.45) is 0 Å². The maximum absolute atomic E-state index is 12.9. The zero-order chi connectivity index (χ0) is 18.1. The Labute approximate surface area is 160 Å². The standard InChI is InChI=1S/C19H15Cl2N3O2/c20-14-9-13(10-15(21)11-14)19(25)24-8-4-7-16(24)18-22-17(23-26-18)12-5-2-1-3-6-12/h1-3,5-6,9-11,16H,4,7-8H2/t16-/m0/s1. The van der Waals surface area contributed by atoms with Crippen LogP contribution in [0.1, 0.15) is 35.1 Å². The number of halogens is 2. The molecule has 1 fully saturated rings. The lowest BCUT2D eigenvalue weighted by Crippen LogP contribution is -2.30. The molecule has 5 nitrogen and oxygen atoms in total. The minimum atomic E-state index is -0.245. The summed E-state index contributed by atoms with van der Waals surface area (Å²) in [5.74, 6) is 0.824.